The molecule has 0 saturated carbocycles. The molecule has 0 spiro atoms. The largest absolute Gasteiger partial charge is 0.296 e. The maximum Gasteiger partial charge on any atom is 0.152 e. The van der Waals surface area contributed by atoms with Crippen molar-refractivity contribution in [1.29, 1.82) is 0 Å². The van der Waals surface area contributed by atoms with E-state index in [1.807, 2.05) is 38.2 Å². The molecule has 18 heavy (non-hydrogen) atoms. The highest BCUT2D eigenvalue weighted by molar-refractivity contribution is 7.91. The predicted octanol–water partition coefficient (Wildman–Crippen LogP) is 2.35. The second kappa shape index (κ2) is 4.83. The lowest BCUT2D eigenvalue weighted by Gasteiger charge is -2.34. The van der Waals surface area contributed by atoms with Gasteiger partial charge in [0.25, 0.3) is 0 Å². The Morgan fingerprint density at radius 2 is 2.17 bits per heavy atom. The van der Waals surface area contributed by atoms with E-state index in [1.165, 1.54) is 0 Å². The molecule has 0 unspecified atom stereocenters. The smallest absolute Gasteiger partial charge is 0.152 e. The maximum absolute atomic E-state index is 11.6. The van der Waals surface area contributed by atoms with E-state index in [9.17, 15) is 8.42 Å². The third-order valence-corrected chi connectivity index (χ3v) is 5.84. The molecule has 0 aromatic heterocycles. The normalized spacial score (nSPS) is 26.7. The van der Waals surface area contributed by atoms with Crippen LogP contribution in [-0.4, -0.2) is 37.4 Å². The van der Waals surface area contributed by atoms with Crippen molar-refractivity contribution >= 4 is 21.4 Å². The van der Waals surface area contributed by atoms with Crippen molar-refractivity contribution in [1.82, 2.24) is 4.90 Å². The maximum atomic E-state index is 11.6. The Morgan fingerprint density at radius 1 is 1.44 bits per heavy atom. The van der Waals surface area contributed by atoms with Crippen molar-refractivity contribution in [3.8, 4) is 0 Å². The molecule has 1 aliphatic heterocycles. The van der Waals surface area contributed by atoms with Gasteiger partial charge in [0.05, 0.1) is 11.5 Å². The van der Waals surface area contributed by atoms with Crippen molar-refractivity contribution in [3.05, 3.63) is 34.9 Å². The molecular weight excluding hydrogens is 270 g/mol. The third kappa shape index (κ3) is 3.05. The Morgan fingerprint density at radius 3 is 2.72 bits per heavy atom. The Hall–Kier alpha value is -0.580. The zero-order valence-corrected chi connectivity index (χ0v) is 12.3. The van der Waals surface area contributed by atoms with Crippen molar-refractivity contribution in [2.75, 3.05) is 18.6 Å². The fraction of sp³-hybridized carbons (Fsp3) is 0.538. The summed E-state index contributed by atoms with van der Waals surface area (Å²) >= 11 is 5.95. The zero-order valence-electron chi connectivity index (χ0n) is 10.7. The molecule has 1 aromatic rings. The molecule has 5 heteroatoms. The monoisotopic (exact) mass is 287 g/mol. The summed E-state index contributed by atoms with van der Waals surface area (Å²) in [5, 5.41) is 0.713. The van der Waals surface area contributed by atoms with Gasteiger partial charge in [0.2, 0.25) is 0 Å². The van der Waals surface area contributed by atoms with Crippen LogP contribution < -0.4 is 0 Å². The van der Waals surface area contributed by atoms with E-state index in [1.54, 1.807) is 0 Å². The lowest BCUT2D eigenvalue weighted by Crippen LogP contribution is -2.44. The van der Waals surface area contributed by atoms with Gasteiger partial charge in [-0.1, -0.05) is 23.7 Å². The average molecular weight is 288 g/mol. The third-order valence-electron chi connectivity index (χ3n) is 3.71. The summed E-state index contributed by atoms with van der Waals surface area (Å²) in [4.78, 5) is 2.11. The number of sulfone groups is 1. The van der Waals surface area contributed by atoms with Gasteiger partial charge in [-0.2, -0.15) is 0 Å². The molecule has 1 fully saturated rings. The number of nitrogens with zero attached hydrogens (tertiary/aromatic N) is 1. The molecule has 1 heterocycles. The first kappa shape index (κ1) is 13.8. The Balaban J connectivity index is 2.11. The first-order chi connectivity index (χ1) is 8.31. The van der Waals surface area contributed by atoms with E-state index in [0.717, 1.165) is 5.56 Å². The summed E-state index contributed by atoms with van der Waals surface area (Å²) in [6.07, 6.45) is 0.701. The van der Waals surface area contributed by atoms with E-state index in [4.69, 9.17) is 11.6 Å². The second-order valence-corrected chi connectivity index (χ2v) is 7.95. The Labute approximate surface area is 114 Å². The molecule has 0 aliphatic carbocycles. The summed E-state index contributed by atoms with van der Waals surface area (Å²) in [5.41, 5.74) is 0.844. The molecule has 0 bridgehead atoms. The fourth-order valence-electron chi connectivity index (χ4n) is 2.39. The van der Waals surface area contributed by atoms with Gasteiger partial charge in [0.15, 0.2) is 9.84 Å². The predicted molar refractivity (Wildman–Crippen MR) is 74.6 cm³/mol. The first-order valence-electron chi connectivity index (χ1n) is 5.97. The van der Waals surface area contributed by atoms with Gasteiger partial charge in [-0.15, -0.1) is 0 Å². The van der Waals surface area contributed by atoms with Crippen molar-refractivity contribution in [2.24, 2.45) is 0 Å². The van der Waals surface area contributed by atoms with Crippen LogP contribution in [0.25, 0.3) is 0 Å². The minimum atomic E-state index is -2.87. The molecule has 0 radical (unpaired) electrons. The van der Waals surface area contributed by atoms with Gasteiger partial charge in [-0.25, -0.2) is 8.42 Å². The molecule has 1 aromatic carbocycles. The molecule has 1 atom stereocenters. The van der Waals surface area contributed by atoms with E-state index in [-0.39, 0.29) is 11.3 Å². The van der Waals surface area contributed by atoms with Gasteiger partial charge in [-0.05, 0) is 38.1 Å². The van der Waals surface area contributed by atoms with Gasteiger partial charge in [-0.3, -0.25) is 4.90 Å². The SMILES string of the molecule is CN(Cc1cccc(Cl)c1)[C@]1(C)CCS(=O)(=O)C1. The number of rotatable bonds is 3. The van der Waals surface area contributed by atoms with E-state index < -0.39 is 9.84 Å². The van der Waals surface area contributed by atoms with E-state index >= 15 is 0 Å². The second-order valence-electron chi connectivity index (χ2n) is 5.32. The quantitative estimate of drug-likeness (QED) is 0.856. The van der Waals surface area contributed by atoms with Crippen LogP contribution in [-0.2, 0) is 16.4 Å². The van der Waals surface area contributed by atoms with Crippen LogP contribution >= 0.6 is 11.6 Å². The highest BCUT2D eigenvalue weighted by atomic mass is 35.5. The van der Waals surface area contributed by atoms with Crippen LogP contribution in [0, 0.1) is 0 Å². The molecular formula is C13H18ClNO2S. The minimum absolute atomic E-state index is 0.247. The van der Waals surface area contributed by atoms with E-state index in [2.05, 4.69) is 4.90 Å². The highest BCUT2D eigenvalue weighted by Gasteiger charge is 2.41. The topological polar surface area (TPSA) is 37.4 Å². The van der Waals surface area contributed by atoms with Crippen LogP contribution in [0.4, 0.5) is 0 Å². The number of halogens is 1. The Bertz CT molecular complexity index is 544. The summed E-state index contributed by atoms with van der Waals surface area (Å²) in [5.74, 6) is 0.542. The highest BCUT2D eigenvalue weighted by Crippen LogP contribution is 2.29. The zero-order chi connectivity index (χ0) is 13.4. The van der Waals surface area contributed by atoms with Crippen molar-refractivity contribution in [3.63, 3.8) is 0 Å². The van der Waals surface area contributed by atoms with Crippen LogP contribution in [0.1, 0.15) is 18.9 Å². The molecule has 2 rings (SSSR count). The number of hydrogen-bond donors (Lipinski definition) is 0. The minimum Gasteiger partial charge on any atom is -0.296 e. The first-order valence-corrected chi connectivity index (χ1v) is 8.17. The Kier molecular flexibility index (Phi) is 3.72. The summed E-state index contributed by atoms with van der Waals surface area (Å²) in [6.45, 7) is 2.73. The van der Waals surface area contributed by atoms with Crippen LogP contribution in [0.3, 0.4) is 0 Å². The van der Waals surface area contributed by atoms with Crippen molar-refractivity contribution in [2.45, 2.75) is 25.4 Å². The molecule has 3 nitrogen and oxygen atoms in total. The molecule has 100 valence electrons. The fourth-order valence-corrected chi connectivity index (χ4v) is 4.81. The van der Waals surface area contributed by atoms with Crippen LogP contribution in [0.5, 0.6) is 0 Å². The number of benzene rings is 1. The van der Waals surface area contributed by atoms with Crippen LogP contribution in [0.2, 0.25) is 5.02 Å². The van der Waals surface area contributed by atoms with Gasteiger partial charge < -0.3 is 0 Å². The lowest BCUT2D eigenvalue weighted by atomic mass is 9.99. The van der Waals surface area contributed by atoms with Gasteiger partial charge in [0.1, 0.15) is 0 Å². The molecule has 1 aliphatic rings. The van der Waals surface area contributed by atoms with Gasteiger partial charge in [0, 0.05) is 17.1 Å². The summed E-state index contributed by atoms with van der Waals surface area (Å²) in [6, 6.07) is 7.69. The summed E-state index contributed by atoms with van der Waals surface area (Å²) < 4.78 is 23.2. The average Bonchev–Trinajstić information content (AvgIpc) is 2.54. The van der Waals surface area contributed by atoms with E-state index in [0.29, 0.717) is 23.7 Å². The van der Waals surface area contributed by atoms with Gasteiger partial charge >= 0.3 is 0 Å². The molecule has 0 amide bonds. The standard InChI is InChI=1S/C13H18ClNO2S/c1-13(6-7-18(16,17)10-13)15(2)9-11-4-3-5-12(14)8-11/h3-5,8H,6-7,9-10H2,1-2H3/t13-/m1/s1. The van der Waals surface area contributed by atoms with Crippen molar-refractivity contribution < 1.29 is 8.42 Å². The lowest BCUT2D eigenvalue weighted by molar-refractivity contribution is 0.154. The molecule has 0 N–H and O–H groups in total. The molecule has 1 saturated heterocycles. The van der Waals surface area contributed by atoms with Crippen LogP contribution in [0.15, 0.2) is 24.3 Å². The number of hydrogen-bond acceptors (Lipinski definition) is 3. The summed E-state index contributed by atoms with van der Waals surface area (Å²) in [7, 11) is -0.893.